The maximum absolute atomic E-state index is 12.1. The first-order chi connectivity index (χ1) is 10.5. The minimum Gasteiger partial charge on any atom is -0.508 e. The summed E-state index contributed by atoms with van der Waals surface area (Å²) < 4.78 is 4.86. The molecule has 1 aromatic heterocycles. The van der Waals surface area contributed by atoms with Crippen molar-refractivity contribution in [3.63, 3.8) is 0 Å². The Morgan fingerprint density at radius 3 is 2.77 bits per heavy atom. The number of aryl methyl sites for hydroxylation is 2. The van der Waals surface area contributed by atoms with E-state index in [1.807, 2.05) is 6.07 Å². The van der Waals surface area contributed by atoms with Crippen LogP contribution in [0.3, 0.4) is 0 Å². The van der Waals surface area contributed by atoms with E-state index in [1.165, 1.54) is 18.3 Å². The van der Waals surface area contributed by atoms with Crippen molar-refractivity contribution < 1.29 is 14.4 Å². The van der Waals surface area contributed by atoms with Gasteiger partial charge in [-0.1, -0.05) is 5.16 Å². The fourth-order valence-electron chi connectivity index (χ4n) is 1.71. The van der Waals surface area contributed by atoms with E-state index in [0.717, 1.165) is 0 Å². The average Bonchev–Trinajstić information content (AvgIpc) is 2.88. The van der Waals surface area contributed by atoms with Gasteiger partial charge in [0.2, 0.25) is 0 Å². The van der Waals surface area contributed by atoms with E-state index in [9.17, 15) is 9.90 Å². The zero-order valence-corrected chi connectivity index (χ0v) is 12.0. The van der Waals surface area contributed by atoms with Gasteiger partial charge in [0.15, 0.2) is 5.82 Å². The fraction of sp³-hybridized carbons (Fsp3) is 0.133. The average molecular weight is 298 g/mol. The van der Waals surface area contributed by atoms with Crippen LogP contribution in [0, 0.1) is 25.2 Å². The number of anilines is 2. The van der Waals surface area contributed by atoms with E-state index in [-0.39, 0.29) is 11.3 Å². The van der Waals surface area contributed by atoms with Crippen LogP contribution in [0.4, 0.5) is 11.5 Å². The number of amides is 1. The maximum Gasteiger partial charge on any atom is 0.267 e. The zero-order chi connectivity index (χ0) is 16.1. The van der Waals surface area contributed by atoms with Crippen LogP contribution in [0.25, 0.3) is 0 Å². The lowest BCUT2D eigenvalue weighted by atomic mass is 10.2. The summed E-state index contributed by atoms with van der Waals surface area (Å²) in [5.41, 5.74) is 1.08. The molecule has 0 aliphatic carbocycles. The number of nitrogens with zero attached hydrogens (tertiary/aromatic N) is 2. The molecule has 0 saturated carbocycles. The van der Waals surface area contributed by atoms with Gasteiger partial charge in [-0.2, -0.15) is 5.26 Å². The lowest BCUT2D eigenvalue weighted by Crippen LogP contribution is -2.15. The van der Waals surface area contributed by atoms with Gasteiger partial charge in [0.25, 0.3) is 5.91 Å². The minimum atomic E-state index is -0.566. The number of hydrogen-bond donors (Lipinski definition) is 3. The molecule has 0 aliphatic heterocycles. The normalized spacial score (nSPS) is 10.9. The second-order valence-corrected chi connectivity index (χ2v) is 4.59. The minimum absolute atomic E-state index is 0.106. The first-order valence-corrected chi connectivity index (χ1v) is 6.40. The molecular formula is C15H14N4O3. The highest BCUT2D eigenvalue weighted by molar-refractivity contribution is 6.07. The number of carbonyl (C=O) groups excluding carboxylic acids is 1. The molecule has 0 radical (unpaired) electrons. The molecule has 0 atom stereocenters. The maximum atomic E-state index is 12.1. The van der Waals surface area contributed by atoms with E-state index in [2.05, 4.69) is 15.8 Å². The van der Waals surface area contributed by atoms with Gasteiger partial charge in [-0.25, -0.2) is 0 Å². The molecule has 112 valence electrons. The van der Waals surface area contributed by atoms with Gasteiger partial charge in [0, 0.05) is 18.0 Å². The number of nitriles is 1. The summed E-state index contributed by atoms with van der Waals surface area (Å²) in [5, 5.41) is 27.4. The molecule has 2 rings (SSSR count). The molecule has 7 heteroatoms. The largest absolute Gasteiger partial charge is 0.508 e. The van der Waals surface area contributed by atoms with Gasteiger partial charge in [0.1, 0.15) is 23.2 Å². The van der Waals surface area contributed by atoms with Crippen molar-refractivity contribution in [3.05, 3.63) is 47.4 Å². The number of rotatable bonds is 4. The highest BCUT2D eigenvalue weighted by atomic mass is 16.5. The third-order valence-corrected chi connectivity index (χ3v) is 2.82. The molecule has 22 heavy (non-hydrogen) atoms. The highest BCUT2D eigenvalue weighted by Crippen LogP contribution is 2.20. The van der Waals surface area contributed by atoms with E-state index in [4.69, 9.17) is 9.78 Å². The molecule has 7 nitrogen and oxygen atoms in total. The van der Waals surface area contributed by atoms with Crippen molar-refractivity contribution in [2.24, 2.45) is 0 Å². The summed E-state index contributed by atoms with van der Waals surface area (Å²) in [6.07, 6.45) is 1.25. The summed E-state index contributed by atoms with van der Waals surface area (Å²) in [4.78, 5) is 12.1. The van der Waals surface area contributed by atoms with Gasteiger partial charge in [0.05, 0.1) is 0 Å². The number of nitrogens with one attached hydrogen (secondary N) is 2. The van der Waals surface area contributed by atoms with Crippen LogP contribution in [-0.2, 0) is 4.79 Å². The summed E-state index contributed by atoms with van der Waals surface area (Å²) in [5.74, 6) is 0.552. The topological polar surface area (TPSA) is 111 Å². The Labute approximate surface area is 126 Å². The van der Waals surface area contributed by atoms with Crippen LogP contribution in [0.5, 0.6) is 5.75 Å². The quantitative estimate of drug-likeness (QED) is 0.454. The van der Waals surface area contributed by atoms with E-state index in [1.54, 1.807) is 26.0 Å². The van der Waals surface area contributed by atoms with Crippen molar-refractivity contribution in [2.75, 3.05) is 10.6 Å². The van der Waals surface area contributed by atoms with Crippen LogP contribution in [0.1, 0.15) is 11.3 Å². The van der Waals surface area contributed by atoms with E-state index < -0.39 is 5.91 Å². The van der Waals surface area contributed by atoms with Gasteiger partial charge >= 0.3 is 0 Å². The zero-order valence-electron chi connectivity index (χ0n) is 12.0. The molecular weight excluding hydrogens is 284 g/mol. The molecule has 0 fully saturated rings. The predicted octanol–water partition coefficient (Wildman–Crippen LogP) is 2.46. The Morgan fingerprint density at radius 1 is 1.41 bits per heavy atom. The van der Waals surface area contributed by atoms with Crippen LogP contribution >= 0.6 is 0 Å². The molecule has 0 aliphatic rings. The Balaban J connectivity index is 2.10. The molecule has 0 unspecified atom stereocenters. The smallest absolute Gasteiger partial charge is 0.267 e. The van der Waals surface area contributed by atoms with Gasteiger partial charge in [-0.3, -0.25) is 4.79 Å². The SMILES string of the molecule is Cc1cc(N/C=C(/C#N)C(=O)Nc2ccc(O)cc2C)no1. The summed E-state index contributed by atoms with van der Waals surface area (Å²) >= 11 is 0. The Hall–Kier alpha value is -3.27. The highest BCUT2D eigenvalue weighted by Gasteiger charge is 2.11. The van der Waals surface area contributed by atoms with Crippen molar-refractivity contribution in [1.82, 2.24) is 5.16 Å². The third kappa shape index (κ3) is 3.64. The van der Waals surface area contributed by atoms with Crippen LogP contribution in [0.2, 0.25) is 0 Å². The van der Waals surface area contributed by atoms with Crippen molar-refractivity contribution in [2.45, 2.75) is 13.8 Å². The molecule has 0 spiro atoms. The number of phenols is 1. The van der Waals surface area contributed by atoms with E-state index >= 15 is 0 Å². The first-order valence-electron chi connectivity index (χ1n) is 6.40. The molecule has 1 heterocycles. The molecule has 2 aromatic rings. The molecule has 0 bridgehead atoms. The lowest BCUT2D eigenvalue weighted by molar-refractivity contribution is -0.112. The Bertz CT molecular complexity index is 771. The van der Waals surface area contributed by atoms with Crippen molar-refractivity contribution in [1.29, 1.82) is 5.26 Å². The third-order valence-electron chi connectivity index (χ3n) is 2.82. The Kier molecular flexibility index (Phi) is 4.44. The first kappa shape index (κ1) is 15.1. The van der Waals surface area contributed by atoms with Gasteiger partial charge < -0.3 is 20.3 Å². The number of benzene rings is 1. The second-order valence-electron chi connectivity index (χ2n) is 4.59. The lowest BCUT2D eigenvalue weighted by Gasteiger charge is -2.08. The molecule has 1 amide bonds. The molecule has 0 saturated heterocycles. The number of aromatic hydroxyl groups is 1. The number of hydrogen-bond acceptors (Lipinski definition) is 6. The number of aromatic nitrogens is 1. The second kappa shape index (κ2) is 6.45. The summed E-state index contributed by atoms with van der Waals surface area (Å²) in [6.45, 7) is 3.47. The molecule has 1 aromatic carbocycles. The van der Waals surface area contributed by atoms with Gasteiger partial charge in [-0.05, 0) is 37.6 Å². The van der Waals surface area contributed by atoms with Crippen LogP contribution in [-0.4, -0.2) is 16.2 Å². The Morgan fingerprint density at radius 2 is 2.18 bits per heavy atom. The standard InChI is InChI=1S/C15H14N4O3/c1-9-5-12(20)3-4-13(9)18-15(21)11(7-16)8-17-14-6-10(2)22-19-14/h3-6,8,20H,1-2H3,(H,17,19)(H,18,21)/b11-8-. The fourth-order valence-corrected chi connectivity index (χ4v) is 1.71. The summed E-state index contributed by atoms with van der Waals surface area (Å²) in [7, 11) is 0. The number of carbonyl (C=O) groups is 1. The molecule has 3 N–H and O–H groups in total. The number of phenolic OH excluding ortho intramolecular Hbond substituents is 1. The van der Waals surface area contributed by atoms with Gasteiger partial charge in [-0.15, -0.1) is 0 Å². The van der Waals surface area contributed by atoms with Crippen molar-refractivity contribution >= 4 is 17.4 Å². The van der Waals surface area contributed by atoms with Crippen LogP contribution < -0.4 is 10.6 Å². The van der Waals surface area contributed by atoms with E-state index in [0.29, 0.717) is 22.8 Å². The van der Waals surface area contributed by atoms with Crippen molar-refractivity contribution in [3.8, 4) is 11.8 Å². The monoisotopic (exact) mass is 298 g/mol. The predicted molar refractivity (Wildman–Crippen MR) is 80.0 cm³/mol. The summed E-state index contributed by atoms with van der Waals surface area (Å²) in [6, 6.07) is 7.97. The van der Waals surface area contributed by atoms with Crippen LogP contribution in [0.15, 0.2) is 40.6 Å².